The number of hydrogen-bond donors (Lipinski definition) is 2. The normalized spacial score (nSPS) is 18.2. The van der Waals surface area contributed by atoms with Gasteiger partial charge in [0.15, 0.2) is 0 Å². The van der Waals surface area contributed by atoms with Gasteiger partial charge in [-0.05, 0) is 30.4 Å². The highest BCUT2D eigenvalue weighted by atomic mass is 35.5. The van der Waals surface area contributed by atoms with Crippen molar-refractivity contribution in [3.63, 3.8) is 0 Å². The molecular weight excluding hydrogens is 221 g/mol. The van der Waals surface area contributed by atoms with Crippen LogP contribution >= 0.6 is 23.2 Å². The van der Waals surface area contributed by atoms with Gasteiger partial charge in [-0.25, -0.2) is 0 Å². The smallest absolute Gasteiger partial charge is 0.135 e. The maximum Gasteiger partial charge on any atom is 0.135 e. The molecule has 0 aromatic heterocycles. The lowest BCUT2D eigenvalue weighted by atomic mass is 10.0. The quantitative estimate of drug-likeness (QED) is 0.822. The number of phenolic OH excluding ortho intramolecular Hbond substituents is 1. The van der Waals surface area contributed by atoms with Crippen molar-refractivity contribution in [1.29, 1.82) is 0 Å². The Balaban J connectivity index is 2.38. The minimum Gasteiger partial charge on any atom is -0.506 e. The molecule has 0 radical (unpaired) electrons. The molecule has 14 heavy (non-hydrogen) atoms. The fourth-order valence-corrected chi connectivity index (χ4v) is 1.98. The van der Waals surface area contributed by atoms with Gasteiger partial charge in [0, 0.05) is 6.04 Å². The van der Waals surface area contributed by atoms with Crippen LogP contribution in [0.15, 0.2) is 12.1 Å². The Morgan fingerprint density at radius 3 is 2.50 bits per heavy atom. The van der Waals surface area contributed by atoms with Crippen LogP contribution in [0.3, 0.4) is 0 Å². The molecule has 0 saturated heterocycles. The van der Waals surface area contributed by atoms with Crippen LogP contribution in [0.25, 0.3) is 0 Å². The average molecular weight is 232 g/mol. The highest BCUT2D eigenvalue weighted by Crippen LogP contribution is 2.44. The molecule has 0 aliphatic heterocycles. The maximum absolute atomic E-state index is 9.30. The van der Waals surface area contributed by atoms with E-state index < -0.39 is 0 Å². The van der Waals surface area contributed by atoms with Gasteiger partial charge in [-0.15, -0.1) is 0 Å². The predicted molar refractivity (Wildman–Crippen MR) is 57.8 cm³/mol. The van der Waals surface area contributed by atoms with Crippen molar-refractivity contribution >= 4 is 23.2 Å². The molecule has 4 heteroatoms. The molecule has 1 unspecified atom stereocenters. The summed E-state index contributed by atoms with van der Waals surface area (Å²) in [6.07, 6.45) is 2.30. The molecule has 0 amide bonds. The van der Waals surface area contributed by atoms with Crippen LogP contribution in [-0.2, 0) is 0 Å². The van der Waals surface area contributed by atoms with Crippen LogP contribution in [0, 0.1) is 5.92 Å². The molecule has 1 aliphatic carbocycles. The van der Waals surface area contributed by atoms with Crippen molar-refractivity contribution in [2.24, 2.45) is 11.7 Å². The summed E-state index contributed by atoms with van der Waals surface area (Å²) in [6.45, 7) is 0. The summed E-state index contributed by atoms with van der Waals surface area (Å²) in [4.78, 5) is 0. The second kappa shape index (κ2) is 3.61. The minimum atomic E-state index is -0.0550. The van der Waals surface area contributed by atoms with Crippen molar-refractivity contribution in [3.8, 4) is 5.75 Å². The second-order valence-corrected chi connectivity index (χ2v) is 4.42. The van der Waals surface area contributed by atoms with Gasteiger partial charge < -0.3 is 10.8 Å². The van der Waals surface area contributed by atoms with Crippen molar-refractivity contribution in [2.75, 3.05) is 0 Å². The van der Waals surface area contributed by atoms with Crippen molar-refractivity contribution < 1.29 is 5.11 Å². The van der Waals surface area contributed by atoms with Gasteiger partial charge in [-0.1, -0.05) is 29.3 Å². The van der Waals surface area contributed by atoms with Crippen molar-refractivity contribution in [3.05, 3.63) is 27.7 Å². The topological polar surface area (TPSA) is 46.2 Å². The van der Waals surface area contributed by atoms with E-state index in [1.165, 1.54) is 6.07 Å². The second-order valence-electron chi connectivity index (χ2n) is 3.67. The first-order valence-electron chi connectivity index (χ1n) is 4.53. The summed E-state index contributed by atoms with van der Waals surface area (Å²) in [6, 6.07) is 3.22. The fourth-order valence-electron chi connectivity index (χ4n) is 1.52. The lowest BCUT2D eigenvalue weighted by molar-refractivity contribution is 0.475. The first kappa shape index (κ1) is 10.1. The number of nitrogens with two attached hydrogens (primary N) is 1. The third-order valence-electron chi connectivity index (χ3n) is 2.58. The molecule has 76 valence electrons. The largest absolute Gasteiger partial charge is 0.506 e. The van der Waals surface area contributed by atoms with Gasteiger partial charge in [-0.3, -0.25) is 0 Å². The summed E-state index contributed by atoms with van der Waals surface area (Å²) in [5.41, 5.74) is 6.83. The Bertz CT molecular complexity index is 363. The molecule has 3 N–H and O–H groups in total. The van der Waals surface area contributed by atoms with Gasteiger partial charge >= 0.3 is 0 Å². The summed E-state index contributed by atoms with van der Waals surface area (Å²) < 4.78 is 0. The van der Waals surface area contributed by atoms with Gasteiger partial charge in [0.05, 0.1) is 5.02 Å². The Labute approximate surface area is 92.6 Å². The highest BCUT2D eigenvalue weighted by Gasteiger charge is 2.31. The standard InChI is InChI=1S/C10H11Cl2NO/c11-8-6(10(13)5-1-2-5)3-4-7(14)9(8)12/h3-5,10,14H,1-2,13H2. The van der Waals surface area contributed by atoms with Crippen LogP contribution < -0.4 is 5.73 Å². The average Bonchev–Trinajstić information content (AvgIpc) is 2.97. The van der Waals surface area contributed by atoms with Crippen LogP contribution in [0.5, 0.6) is 5.75 Å². The van der Waals surface area contributed by atoms with E-state index in [2.05, 4.69) is 0 Å². The molecule has 1 saturated carbocycles. The maximum atomic E-state index is 9.30. The molecule has 1 aliphatic rings. The zero-order valence-corrected chi connectivity index (χ0v) is 9.02. The van der Waals surface area contributed by atoms with E-state index in [1.807, 2.05) is 0 Å². The molecule has 2 nitrogen and oxygen atoms in total. The van der Waals surface area contributed by atoms with E-state index in [1.54, 1.807) is 6.07 Å². The molecule has 0 spiro atoms. The summed E-state index contributed by atoms with van der Waals surface area (Å²) in [5, 5.41) is 9.88. The van der Waals surface area contributed by atoms with E-state index >= 15 is 0 Å². The summed E-state index contributed by atoms with van der Waals surface area (Å²) in [7, 11) is 0. The first-order chi connectivity index (χ1) is 6.61. The Hall–Kier alpha value is -0.440. The van der Waals surface area contributed by atoms with E-state index in [0.717, 1.165) is 18.4 Å². The van der Waals surface area contributed by atoms with E-state index in [4.69, 9.17) is 28.9 Å². The molecule has 2 rings (SSSR count). The number of benzene rings is 1. The SMILES string of the molecule is NC(c1ccc(O)c(Cl)c1Cl)C1CC1. The monoisotopic (exact) mass is 231 g/mol. The van der Waals surface area contributed by atoms with Gasteiger partial charge in [0.25, 0.3) is 0 Å². The van der Waals surface area contributed by atoms with Crippen LogP contribution in [-0.4, -0.2) is 5.11 Å². The molecular formula is C10H11Cl2NO. The molecule has 1 fully saturated rings. The lowest BCUT2D eigenvalue weighted by Crippen LogP contribution is -2.12. The van der Waals surface area contributed by atoms with Crippen molar-refractivity contribution in [1.82, 2.24) is 0 Å². The molecule has 1 atom stereocenters. The third kappa shape index (κ3) is 1.70. The zero-order valence-electron chi connectivity index (χ0n) is 7.50. The third-order valence-corrected chi connectivity index (χ3v) is 3.47. The van der Waals surface area contributed by atoms with Crippen LogP contribution in [0.1, 0.15) is 24.4 Å². The Morgan fingerprint density at radius 2 is 1.93 bits per heavy atom. The minimum absolute atomic E-state index is 0.00316. The highest BCUT2D eigenvalue weighted by molar-refractivity contribution is 6.43. The van der Waals surface area contributed by atoms with Gasteiger partial charge in [0.1, 0.15) is 10.8 Å². The number of halogens is 2. The number of rotatable bonds is 2. The number of phenols is 1. The molecule has 0 bridgehead atoms. The molecule has 1 aromatic carbocycles. The number of aromatic hydroxyl groups is 1. The van der Waals surface area contributed by atoms with Gasteiger partial charge in [-0.2, -0.15) is 0 Å². The van der Waals surface area contributed by atoms with Gasteiger partial charge in [0.2, 0.25) is 0 Å². The number of hydrogen-bond acceptors (Lipinski definition) is 2. The zero-order chi connectivity index (χ0) is 10.3. The van der Waals surface area contributed by atoms with E-state index in [9.17, 15) is 5.11 Å². The summed E-state index contributed by atoms with van der Waals surface area (Å²) in [5.74, 6) is 0.525. The van der Waals surface area contributed by atoms with Crippen molar-refractivity contribution in [2.45, 2.75) is 18.9 Å². The first-order valence-corrected chi connectivity index (χ1v) is 5.29. The van der Waals surface area contributed by atoms with Crippen LogP contribution in [0.4, 0.5) is 0 Å². The molecule has 0 heterocycles. The van der Waals surface area contributed by atoms with Crippen LogP contribution in [0.2, 0.25) is 10.0 Å². The Morgan fingerprint density at radius 1 is 1.29 bits per heavy atom. The van der Waals surface area contributed by atoms with E-state index in [0.29, 0.717) is 10.9 Å². The Kier molecular flexibility index (Phi) is 2.60. The fraction of sp³-hybridized carbons (Fsp3) is 0.400. The lowest BCUT2D eigenvalue weighted by Gasteiger charge is -2.13. The summed E-state index contributed by atoms with van der Waals surface area (Å²) >= 11 is 11.8. The molecule has 1 aromatic rings. The predicted octanol–water partition coefficient (Wildman–Crippen LogP) is 3.11. The van der Waals surface area contributed by atoms with E-state index in [-0.39, 0.29) is 16.8 Å².